The first kappa shape index (κ1) is 21.0. The Hall–Kier alpha value is -3.34. The summed E-state index contributed by atoms with van der Waals surface area (Å²) in [6.07, 6.45) is 4.75. The first-order valence-corrected chi connectivity index (χ1v) is 8.81. The SMILES string of the molecule is C=CCc1cc(OC(C)=O)cc(-c2cc(CC=C)cc(OC)c2OC(C)=O)c1. The molecule has 28 heavy (non-hydrogen) atoms. The maximum atomic E-state index is 11.7. The highest BCUT2D eigenvalue weighted by atomic mass is 16.6. The van der Waals surface area contributed by atoms with Crippen molar-refractivity contribution in [2.24, 2.45) is 0 Å². The molecule has 2 aromatic carbocycles. The number of benzene rings is 2. The van der Waals surface area contributed by atoms with Gasteiger partial charge < -0.3 is 14.2 Å². The number of hydrogen-bond acceptors (Lipinski definition) is 5. The Kier molecular flexibility index (Phi) is 7.15. The molecule has 0 aromatic heterocycles. The van der Waals surface area contributed by atoms with E-state index in [1.807, 2.05) is 18.2 Å². The molecular formula is C23H24O5. The van der Waals surface area contributed by atoms with Crippen LogP contribution in [0, 0.1) is 0 Å². The zero-order valence-corrected chi connectivity index (χ0v) is 16.4. The number of carbonyl (C=O) groups excluding carboxylic acids is 2. The van der Waals surface area contributed by atoms with Gasteiger partial charge in [-0.25, -0.2) is 0 Å². The van der Waals surface area contributed by atoms with Crippen molar-refractivity contribution >= 4 is 11.9 Å². The van der Waals surface area contributed by atoms with E-state index >= 15 is 0 Å². The first-order chi connectivity index (χ1) is 13.4. The van der Waals surface area contributed by atoms with Gasteiger partial charge in [0.05, 0.1) is 7.11 Å². The first-order valence-electron chi connectivity index (χ1n) is 8.81. The molecule has 0 N–H and O–H groups in total. The summed E-state index contributed by atoms with van der Waals surface area (Å²) >= 11 is 0. The minimum atomic E-state index is -0.460. The molecule has 0 aliphatic heterocycles. The van der Waals surface area contributed by atoms with E-state index in [2.05, 4.69) is 13.2 Å². The Labute approximate surface area is 165 Å². The molecule has 5 heteroatoms. The third-order valence-electron chi connectivity index (χ3n) is 3.88. The smallest absolute Gasteiger partial charge is 0.308 e. The van der Waals surface area contributed by atoms with E-state index in [1.54, 1.807) is 24.3 Å². The Balaban J connectivity index is 2.75. The van der Waals surface area contributed by atoms with E-state index in [4.69, 9.17) is 14.2 Å². The molecule has 0 saturated heterocycles. The van der Waals surface area contributed by atoms with Crippen LogP contribution in [-0.2, 0) is 22.4 Å². The molecule has 5 nitrogen and oxygen atoms in total. The topological polar surface area (TPSA) is 61.8 Å². The molecule has 0 aliphatic carbocycles. The molecule has 0 saturated carbocycles. The summed E-state index contributed by atoms with van der Waals surface area (Å²) in [6, 6.07) is 9.17. The summed E-state index contributed by atoms with van der Waals surface area (Å²) in [5.41, 5.74) is 3.24. The maximum Gasteiger partial charge on any atom is 0.308 e. The van der Waals surface area contributed by atoms with Gasteiger partial charge in [-0.1, -0.05) is 18.2 Å². The molecule has 146 valence electrons. The summed E-state index contributed by atoms with van der Waals surface area (Å²) in [5, 5.41) is 0. The Morgan fingerprint density at radius 1 is 0.893 bits per heavy atom. The van der Waals surface area contributed by atoms with Crippen molar-refractivity contribution in [1.29, 1.82) is 0 Å². The quantitative estimate of drug-likeness (QED) is 0.378. The fraction of sp³-hybridized carbons (Fsp3) is 0.217. The van der Waals surface area contributed by atoms with Gasteiger partial charge in [-0.3, -0.25) is 9.59 Å². The van der Waals surface area contributed by atoms with E-state index < -0.39 is 11.9 Å². The number of carbonyl (C=O) groups is 2. The zero-order chi connectivity index (χ0) is 20.7. The molecule has 0 heterocycles. The highest BCUT2D eigenvalue weighted by Gasteiger charge is 2.18. The second-order valence-electron chi connectivity index (χ2n) is 6.21. The number of ether oxygens (including phenoxy) is 3. The molecule has 0 spiro atoms. The van der Waals surface area contributed by atoms with E-state index in [0.29, 0.717) is 35.7 Å². The van der Waals surface area contributed by atoms with Crippen LogP contribution in [0.1, 0.15) is 25.0 Å². The van der Waals surface area contributed by atoms with Crippen LogP contribution in [0.5, 0.6) is 17.2 Å². The largest absolute Gasteiger partial charge is 0.493 e. The third kappa shape index (κ3) is 5.33. The van der Waals surface area contributed by atoms with Gasteiger partial charge in [0.15, 0.2) is 11.5 Å². The Morgan fingerprint density at radius 3 is 2.04 bits per heavy atom. The Morgan fingerprint density at radius 2 is 1.50 bits per heavy atom. The summed E-state index contributed by atoms with van der Waals surface area (Å²) < 4.78 is 16.2. The van der Waals surface area contributed by atoms with Gasteiger partial charge >= 0.3 is 11.9 Å². The predicted octanol–water partition coefficient (Wildman–Crippen LogP) is 4.67. The lowest BCUT2D eigenvalue weighted by Crippen LogP contribution is -2.06. The summed E-state index contributed by atoms with van der Waals surface area (Å²) in [7, 11) is 1.52. The summed E-state index contributed by atoms with van der Waals surface area (Å²) in [5.74, 6) is 0.280. The van der Waals surface area contributed by atoms with Crippen LogP contribution in [0.15, 0.2) is 55.6 Å². The van der Waals surface area contributed by atoms with Crippen LogP contribution < -0.4 is 14.2 Å². The Bertz CT molecular complexity index is 911. The van der Waals surface area contributed by atoms with Crippen molar-refractivity contribution < 1.29 is 23.8 Å². The van der Waals surface area contributed by atoms with Gasteiger partial charge in [0.25, 0.3) is 0 Å². The number of allylic oxidation sites excluding steroid dienone is 2. The van der Waals surface area contributed by atoms with Crippen molar-refractivity contribution in [2.45, 2.75) is 26.7 Å². The van der Waals surface area contributed by atoms with Crippen molar-refractivity contribution in [1.82, 2.24) is 0 Å². The van der Waals surface area contributed by atoms with Gasteiger partial charge in [-0.2, -0.15) is 0 Å². The molecule has 0 aliphatic rings. The maximum absolute atomic E-state index is 11.7. The molecule has 0 atom stereocenters. The normalized spacial score (nSPS) is 10.1. The molecule has 0 unspecified atom stereocenters. The van der Waals surface area contributed by atoms with E-state index in [9.17, 15) is 9.59 Å². The molecule has 2 rings (SSSR count). The molecule has 0 amide bonds. The van der Waals surface area contributed by atoms with Crippen molar-refractivity contribution in [2.75, 3.05) is 7.11 Å². The highest BCUT2D eigenvalue weighted by molar-refractivity contribution is 5.81. The fourth-order valence-corrected chi connectivity index (χ4v) is 2.88. The van der Waals surface area contributed by atoms with Crippen molar-refractivity contribution in [3.8, 4) is 28.4 Å². The van der Waals surface area contributed by atoms with Gasteiger partial charge in [-0.15, -0.1) is 13.2 Å². The number of esters is 2. The second kappa shape index (κ2) is 9.55. The van der Waals surface area contributed by atoms with Crippen LogP contribution in [0.25, 0.3) is 11.1 Å². The number of methoxy groups -OCH3 is 1. The fourth-order valence-electron chi connectivity index (χ4n) is 2.88. The molecular weight excluding hydrogens is 356 g/mol. The van der Waals surface area contributed by atoms with Crippen LogP contribution in [0.2, 0.25) is 0 Å². The molecule has 2 aromatic rings. The van der Waals surface area contributed by atoms with Gasteiger partial charge in [-0.05, 0) is 53.8 Å². The van der Waals surface area contributed by atoms with E-state index in [1.165, 1.54) is 21.0 Å². The summed E-state index contributed by atoms with van der Waals surface area (Å²) in [4.78, 5) is 23.1. The zero-order valence-electron chi connectivity index (χ0n) is 16.4. The van der Waals surface area contributed by atoms with Crippen molar-refractivity contribution in [3.63, 3.8) is 0 Å². The predicted molar refractivity (Wildman–Crippen MR) is 109 cm³/mol. The van der Waals surface area contributed by atoms with E-state index in [0.717, 1.165) is 16.7 Å². The minimum absolute atomic E-state index is 0.312. The average Bonchev–Trinajstić information content (AvgIpc) is 2.62. The van der Waals surface area contributed by atoms with Crippen molar-refractivity contribution in [3.05, 3.63) is 66.8 Å². The monoisotopic (exact) mass is 380 g/mol. The number of hydrogen-bond donors (Lipinski definition) is 0. The lowest BCUT2D eigenvalue weighted by Gasteiger charge is -2.17. The second-order valence-corrected chi connectivity index (χ2v) is 6.21. The standard InChI is InChI=1S/C23H24O5/c1-6-8-17-10-19(14-20(11-17)27-15(3)24)21-12-18(9-7-2)13-22(26-5)23(21)28-16(4)25/h6-7,10-14H,1-2,8-9H2,3-5H3. The molecule has 0 fully saturated rings. The molecule has 0 bridgehead atoms. The van der Waals surface area contributed by atoms with Gasteiger partial charge in [0.1, 0.15) is 5.75 Å². The average molecular weight is 380 g/mol. The lowest BCUT2D eigenvalue weighted by molar-refractivity contribution is -0.132. The minimum Gasteiger partial charge on any atom is -0.493 e. The van der Waals surface area contributed by atoms with Crippen LogP contribution in [0.4, 0.5) is 0 Å². The highest BCUT2D eigenvalue weighted by Crippen LogP contribution is 2.41. The lowest BCUT2D eigenvalue weighted by atomic mass is 9.97. The molecule has 0 radical (unpaired) electrons. The van der Waals surface area contributed by atoms with Crippen LogP contribution in [-0.4, -0.2) is 19.0 Å². The third-order valence-corrected chi connectivity index (χ3v) is 3.88. The summed E-state index contributed by atoms with van der Waals surface area (Å²) in [6.45, 7) is 10.2. The van der Waals surface area contributed by atoms with Crippen LogP contribution >= 0.6 is 0 Å². The van der Waals surface area contributed by atoms with Crippen LogP contribution in [0.3, 0.4) is 0 Å². The van der Waals surface area contributed by atoms with Gasteiger partial charge in [0, 0.05) is 19.4 Å². The number of rotatable bonds is 8. The van der Waals surface area contributed by atoms with E-state index in [-0.39, 0.29) is 0 Å². The van der Waals surface area contributed by atoms with Gasteiger partial charge in [0.2, 0.25) is 0 Å².